The van der Waals surface area contributed by atoms with Gasteiger partial charge in [0.15, 0.2) is 0 Å². The first-order valence-corrected chi connectivity index (χ1v) is 7.82. The van der Waals surface area contributed by atoms with E-state index in [2.05, 4.69) is 6.92 Å². The molecule has 0 bridgehead atoms. The minimum absolute atomic E-state index is 0.204. The van der Waals surface area contributed by atoms with E-state index in [1.165, 1.54) is 4.90 Å². The van der Waals surface area contributed by atoms with Crippen LogP contribution in [0.4, 0.5) is 5.69 Å². The minimum Gasteiger partial charge on any atom is -0.398 e. The second kappa shape index (κ2) is 5.79. The van der Waals surface area contributed by atoms with E-state index in [0.29, 0.717) is 28.7 Å². The van der Waals surface area contributed by atoms with Gasteiger partial charge >= 0.3 is 0 Å². The van der Waals surface area contributed by atoms with Crippen LogP contribution in [0.1, 0.15) is 53.3 Å². The summed E-state index contributed by atoms with van der Waals surface area (Å²) >= 11 is 0. The van der Waals surface area contributed by atoms with Gasteiger partial charge in [-0.15, -0.1) is 0 Å². The molecule has 0 spiro atoms. The maximum absolute atomic E-state index is 12.7. The second-order valence-corrected chi connectivity index (χ2v) is 5.75. The SMILES string of the molecule is CCCCCCN1C(=O)c2cccc3c(N)ccc(c23)C1=O. The number of carbonyl (C=O) groups excluding carboxylic acids is 2. The first-order chi connectivity index (χ1) is 10.6. The van der Waals surface area contributed by atoms with Crippen LogP contribution < -0.4 is 5.73 Å². The highest BCUT2D eigenvalue weighted by Crippen LogP contribution is 2.33. The lowest BCUT2D eigenvalue weighted by Crippen LogP contribution is -2.40. The molecule has 4 heteroatoms. The summed E-state index contributed by atoms with van der Waals surface area (Å²) in [6, 6.07) is 8.92. The van der Waals surface area contributed by atoms with Gasteiger partial charge in [-0.25, -0.2) is 0 Å². The normalized spacial score (nSPS) is 14.0. The van der Waals surface area contributed by atoms with Crippen molar-refractivity contribution >= 4 is 28.3 Å². The molecule has 0 fully saturated rings. The highest BCUT2D eigenvalue weighted by Gasteiger charge is 2.32. The van der Waals surface area contributed by atoms with Crippen molar-refractivity contribution in [1.82, 2.24) is 4.90 Å². The van der Waals surface area contributed by atoms with Gasteiger partial charge in [0.25, 0.3) is 11.8 Å². The number of hydrogen-bond donors (Lipinski definition) is 1. The predicted molar refractivity (Wildman–Crippen MR) is 87.9 cm³/mol. The van der Waals surface area contributed by atoms with Crippen LogP contribution in [0.3, 0.4) is 0 Å². The molecule has 114 valence electrons. The van der Waals surface area contributed by atoms with Crippen LogP contribution >= 0.6 is 0 Å². The smallest absolute Gasteiger partial charge is 0.261 e. The zero-order chi connectivity index (χ0) is 15.7. The summed E-state index contributed by atoms with van der Waals surface area (Å²) in [5.41, 5.74) is 7.73. The van der Waals surface area contributed by atoms with Crippen molar-refractivity contribution in [2.45, 2.75) is 32.6 Å². The van der Waals surface area contributed by atoms with Gasteiger partial charge < -0.3 is 5.73 Å². The molecule has 2 N–H and O–H groups in total. The van der Waals surface area contributed by atoms with Crippen molar-refractivity contribution in [1.29, 1.82) is 0 Å². The van der Waals surface area contributed by atoms with Gasteiger partial charge in [-0.2, -0.15) is 0 Å². The van der Waals surface area contributed by atoms with Crippen molar-refractivity contribution in [3.8, 4) is 0 Å². The molecule has 1 heterocycles. The first-order valence-electron chi connectivity index (χ1n) is 7.82. The van der Waals surface area contributed by atoms with E-state index < -0.39 is 0 Å². The molecule has 0 aliphatic carbocycles. The lowest BCUT2D eigenvalue weighted by Gasteiger charge is -2.27. The van der Waals surface area contributed by atoms with Gasteiger partial charge in [-0.1, -0.05) is 38.3 Å². The first kappa shape index (κ1) is 14.6. The van der Waals surface area contributed by atoms with E-state index in [4.69, 9.17) is 5.73 Å². The molecule has 1 aliphatic heterocycles. The van der Waals surface area contributed by atoms with Crippen molar-refractivity contribution in [2.75, 3.05) is 12.3 Å². The Labute approximate surface area is 129 Å². The van der Waals surface area contributed by atoms with Crippen LogP contribution in [0.5, 0.6) is 0 Å². The molecule has 0 radical (unpaired) electrons. The van der Waals surface area contributed by atoms with Crippen molar-refractivity contribution in [3.63, 3.8) is 0 Å². The molecular formula is C18H20N2O2. The summed E-state index contributed by atoms with van der Waals surface area (Å²) in [5, 5.41) is 1.48. The standard InChI is InChI=1S/C18H20N2O2/c1-2-3-4-5-11-20-17(21)13-8-6-7-12-15(19)10-9-14(16(12)13)18(20)22/h6-10H,2-5,11,19H2,1H3. The fraction of sp³-hybridized carbons (Fsp3) is 0.333. The maximum atomic E-state index is 12.7. The van der Waals surface area contributed by atoms with Gasteiger partial charge in [0.05, 0.1) is 0 Å². The summed E-state index contributed by atoms with van der Waals surface area (Å²) in [7, 11) is 0. The van der Waals surface area contributed by atoms with E-state index in [0.717, 1.165) is 31.1 Å². The summed E-state index contributed by atoms with van der Waals surface area (Å²) in [5.74, 6) is -0.407. The van der Waals surface area contributed by atoms with Crippen LogP contribution in [-0.2, 0) is 0 Å². The third kappa shape index (κ3) is 2.25. The number of carbonyl (C=O) groups is 2. The van der Waals surface area contributed by atoms with Crippen LogP contribution in [0.15, 0.2) is 30.3 Å². The van der Waals surface area contributed by atoms with Crippen LogP contribution in [0.2, 0.25) is 0 Å². The third-order valence-corrected chi connectivity index (χ3v) is 4.26. The molecule has 0 saturated carbocycles. The van der Waals surface area contributed by atoms with Crippen molar-refractivity contribution < 1.29 is 9.59 Å². The van der Waals surface area contributed by atoms with Crippen LogP contribution in [-0.4, -0.2) is 23.3 Å². The molecule has 3 rings (SSSR count). The third-order valence-electron chi connectivity index (χ3n) is 4.26. The lowest BCUT2D eigenvalue weighted by molar-refractivity contribution is 0.0608. The number of nitrogens with zero attached hydrogens (tertiary/aromatic N) is 1. The van der Waals surface area contributed by atoms with Crippen LogP contribution in [0, 0.1) is 0 Å². The van der Waals surface area contributed by atoms with Crippen molar-refractivity contribution in [2.24, 2.45) is 0 Å². The Morgan fingerprint density at radius 2 is 1.68 bits per heavy atom. The van der Waals surface area contributed by atoms with Gasteiger partial charge in [0.2, 0.25) is 0 Å². The van der Waals surface area contributed by atoms with Crippen LogP contribution in [0.25, 0.3) is 10.8 Å². The number of nitrogen functional groups attached to an aromatic ring is 1. The number of hydrogen-bond acceptors (Lipinski definition) is 3. The minimum atomic E-state index is -0.204. The number of rotatable bonds is 5. The van der Waals surface area contributed by atoms with E-state index >= 15 is 0 Å². The predicted octanol–water partition coefficient (Wildman–Crippen LogP) is 3.60. The Morgan fingerprint density at radius 1 is 0.955 bits per heavy atom. The second-order valence-electron chi connectivity index (χ2n) is 5.75. The quantitative estimate of drug-likeness (QED) is 0.521. The zero-order valence-corrected chi connectivity index (χ0v) is 12.8. The topological polar surface area (TPSA) is 63.4 Å². The molecule has 2 aromatic carbocycles. The highest BCUT2D eigenvalue weighted by molar-refractivity contribution is 6.26. The fourth-order valence-corrected chi connectivity index (χ4v) is 3.07. The van der Waals surface area contributed by atoms with E-state index in [1.54, 1.807) is 18.2 Å². The molecule has 0 aromatic heterocycles. The van der Waals surface area contributed by atoms with Gasteiger partial charge in [0.1, 0.15) is 0 Å². The largest absolute Gasteiger partial charge is 0.398 e. The van der Waals surface area contributed by atoms with Gasteiger partial charge in [0, 0.05) is 34.1 Å². The summed E-state index contributed by atoms with van der Waals surface area (Å²) < 4.78 is 0. The molecule has 2 amide bonds. The Bertz CT molecular complexity index is 730. The number of benzene rings is 2. The average Bonchev–Trinajstić information content (AvgIpc) is 2.53. The number of nitrogens with two attached hydrogens (primary N) is 1. The number of imide groups is 1. The fourth-order valence-electron chi connectivity index (χ4n) is 3.07. The number of unbranched alkanes of at least 4 members (excludes halogenated alkanes) is 3. The van der Waals surface area contributed by atoms with Gasteiger partial charge in [-0.05, 0) is 24.6 Å². The maximum Gasteiger partial charge on any atom is 0.261 e. The number of anilines is 1. The molecule has 0 atom stereocenters. The average molecular weight is 296 g/mol. The summed E-state index contributed by atoms with van der Waals surface area (Å²) in [6.07, 6.45) is 4.14. The van der Waals surface area contributed by atoms with Crippen molar-refractivity contribution in [3.05, 3.63) is 41.5 Å². The van der Waals surface area contributed by atoms with Gasteiger partial charge in [-0.3, -0.25) is 14.5 Å². The monoisotopic (exact) mass is 296 g/mol. The molecule has 2 aromatic rings. The summed E-state index contributed by atoms with van der Waals surface area (Å²) in [6.45, 7) is 2.62. The Morgan fingerprint density at radius 3 is 2.41 bits per heavy atom. The molecule has 0 unspecified atom stereocenters. The lowest BCUT2D eigenvalue weighted by atomic mass is 9.93. The number of amides is 2. The van der Waals surface area contributed by atoms with E-state index in [9.17, 15) is 9.59 Å². The summed E-state index contributed by atoms with van der Waals surface area (Å²) in [4.78, 5) is 26.7. The molecule has 22 heavy (non-hydrogen) atoms. The molecular weight excluding hydrogens is 276 g/mol. The molecule has 1 aliphatic rings. The Balaban J connectivity index is 2.00. The molecule has 0 saturated heterocycles. The van der Waals surface area contributed by atoms with E-state index in [-0.39, 0.29) is 11.8 Å². The Hall–Kier alpha value is -2.36. The van der Waals surface area contributed by atoms with E-state index in [1.807, 2.05) is 12.1 Å². The molecule has 4 nitrogen and oxygen atoms in total. The zero-order valence-electron chi connectivity index (χ0n) is 12.8. The Kier molecular flexibility index (Phi) is 3.84. The highest BCUT2D eigenvalue weighted by atomic mass is 16.2.